The molecule has 9 aromatic rings. The van der Waals surface area contributed by atoms with Gasteiger partial charge in [0.25, 0.3) is 0 Å². The predicted molar refractivity (Wildman–Crippen MR) is 251 cm³/mol. The molecule has 0 aliphatic carbocycles. The molecule has 0 unspecified atom stereocenters. The van der Waals surface area contributed by atoms with Gasteiger partial charge in [-0.3, -0.25) is 0 Å². The fraction of sp³-hybridized carbons (Fsp3) is 0.0182. The van der Waals surface area contributed by atoms with E-state index in [4.69, 9.17) is 0 Å². The number of sulfone groups is 1. The maximum absolute atomic E-state index is 14.4. The van der Waals surface area contributed by atoms with Crippen molar-refractivity contribution in [3.05, 3.63) is 259 Å². The van der Waals surface area contributed by atoms with Crippen LogP contribution in [0.2, 0.25) is 0 Å². The standard InChI is InChI=1S/C55H39BN2O2S/c59-61(60,46-38-34-44(35-39-46)58-53-30-16-12-26-49(53)56(42-22-8-3-9-23-42)50-27-13-17-31-54(50)58)45-36-32-43(33-37-45)57-51-28-14-10-24-47(51)55(40-18-4-1-5-19-40,41-20-6-2-7-21-41)48-25-11-15-29-52(48)57/h1-39H. The van der Waals surface area contributed by atoms with E-state index < -0.39 is 15.3 Å². The Labute approximate surface area is 357 Å². The number of para-hydroxylation sites is 4. The van der Waals surface area contributed by atoms with Gasteiger partial charge in [-0.25, -0.2) is 8.42 Å². The first-order chi connectivity index (χ1) is 30.0. The highest BCUT2D eigenvalue weighted by Gasteiger charge is 2.46. The Balaban J connectivity index is 0.957. The minimum atomic E-state index is -3.85. The van der Waals surface area contributed by atoms with Crippen LogP contribution in [0.15, 0.2) is 246 Å². The monoisotopic (exact) mass is 802 g/mol. The van der Waals surface area contributed by atoms with Crippen molar-refractivity contribution < 1.29 is 8.42 Å². The molecule has 0 saturated heterocycles. The van der Waals surface area contributed by atoms with E-state index in [9.17, 15) is 8.42 Å². The van der Waals surface area contributed by atoms with Gasteiger partial charge in [0.1, 0.15) is 0 Å². The Bertz CT molecular complexity index is 3020. The summed E-state index contributed by atoms with van der Waals surface area (Å²) in [5.74, 6) is 0. The second kappa shape index (κ2) is 14.7. The number of anilines is 6. The Morgan fingerprint density at radius 3 is 1.13 bits per heavy atom. The van der Waals surface area contributed by atoms with Crippen LogP contribution in [0.4, 0.5) is 34.1 Å². The molecule has 4 nitrogen and oxygen atoms in total. The molecule has 0 aromatic heterocycles. The molecular weight excluding hydrogens is 763 g/mol. The zero-order chi connectivity index (χ0) is 41.0. The first-order valence-corrected chi connectivity index (χ1v) is 22.1. The molecule has 0 atom stereocenters. The van der Waals surface area contributed by atoms with E-state index in [2.05, 4.69) is 198 Å². The molecular formula is C55H39BN2O2S. The molecule has 0 fully saturated rings. The average molecular weight is 803 g/mol. The van der Waals surface area contributed by atoms with Crippen LogP contribution in [0, 0.1) is 0 Å². The fourth-order valence-corrected chi connectivity index (χ4v) is 11.1. The predicted octanol–water partition coefficient (Wildman–Crippen LogP) is 11.0. The Kier molecular flexibility index (Phi) is 8.83. The molecule has 0 amide bonds. The second-order valence-corrected chi connectivity index (χ2v) is 17.6. The molecule has 9 aromatic carbocycles. The Morgan fingerprint density at radius 1 is 0.344 bits per heavy atom. The molecule has 0 radical (unpaired) electrons. The van der Waals surface area contributed by atoms with Gasteiger partial charge in [0.05, 0.1) is 26.6 Å². The van der Waals surface area contributed by atoms with E-state index >= 15 is 0 Å². The quantitative estimate of drug-likeness (QED) is 0.151. The van der Waals surface area contributed by atoms with Crippen molar-refractivity contribution in [1.29, 1.82) is 0 Å². The first-order valence-electron chi connectivity index (χ1n) is 20.6. The van der Waals surface area contributed by atoms with Crippen LogP contribution >= 0.6 is 0 Å². The number of benzene rings is 9. The van der Waals surface area contributed by atoms with Gasteiger partial charge in [0, 0.05) is 22.7 Å². The average Bonchev–Trinajstić information content (AvgIpc) is 3.33. The molecule has 11 rings (SSSR count). The molecule has 6 heteroatoms. The van der Waals surface area contributed by atoms with Crippen molar-refractivity contribution in [2.24, 2.45) is 0 Å². The van der Waals surface area contributed by atoms with Crippen LogP contribution in [-0.4, -0.2) is 15.1 Å². The molecule has 2 aliphatic heterocycles. The van der Waals surface area contributed by atoms with Crippen molar-refractivity contribution in [2.45, 2.75) is 15.2 Å². The molecule has 61 heavy (non-hydrogen) atoms. The first kappa shape index (κ1) is 36.7. The molecule has 2 heterocycles. The minimum Gasteiger partial charge on any atom is -0.312 e. The van der Waals surface area contributed by atoms with Gasteiger partial charge in [-0.05, 0) is 106 Å². The highest BCUT2D eigenvalue weighted by Crippen LogP contribution is 2.57. The SMILES string of the molecule is O=S(=O)(c1ccc(N2c3ccccc3B(c3ccccc3)c3ccccc32)cc1)c1ccc(N2c3ccccc3C(c3ccccc3)(c3ccccc3)c3ccccc32)cc1. The van der Waals surface area contributed by atoms with E-state index in [0.29, 0.717) is 0 Å². The summed E-state index contributed by atoms with van der Waals surface area (Å²) in [5, 5.41) is 0. The number of nitrogens with zero attached hydrogens (tertiary/aromatic N) is 2. The van der Waals surface area contributed by atoms with Crippen LogP contribution in [0.25, 0.3) is 0 Å². The number of hydrogen-bond acceptors (Lipinski definition) is 4. The van der Waals surface area contributed by atoms with Gasteiger partial charge >= 0.3 is 0 Å². The largest absolute Gasteiger partial charge is 0.312 e. The van der Waals surface area contributed by atoms with Crippen molar-refractivity contribution in [3.8, 4) is 0 Å². The third kappa shape index (κ3) is 5.78. The lowest BCUT2D eigenvalue weighted by Gasteiger charge is -2.46. The van der Waals surface area contributed by atoms with Crippen molar-refractivity contribution in [2.75, 3.05) is 9.80 Å². The lowest BCUT2D eigenvalue weighted by molar-refractivity contribution is 0.596. The smallest absolute Gasteiger partial charge is 0.246 e. The Morgan fingerprint density at radius 2 is 0.689 bits per heavy atom. The van der Waals surface area contributed by atoms with Crippen LogP contribution < -0.4 is 26.2 Å². The topological polar surface area (TPSA) is 40.6 Å². The zero-order valence-electron chi connectivity index (χ0n) is 33.2. The van der Waals surface area contributed by atoms with E-state index in [1.54, 1.807) is 24.3 Å². The third-order valence-electron chi connectivity index (χ3n) is 12.4. The van der Waals surface area contributed by atoms with Crippen molar-refractivity contribution in [1.82, 2.24) is 0 Å². The highest BCUT2D eigenvalue weighted by molar-refractivity contribution is 7.91. The lowest BCUT2D eigenvalue weighted by atomic mass is 9.35. The normalized spacial score (nSPS) is 13.7. The summed E-state index contributed by atoms with van der Waals surface area (Å²) in [6.45, 7) is 0.0784. The van der Waals surface area contributed by atoms with Crippen LogP contribution in [-0.2, 0) is 15.3 Å². The van der Waals surface area contributed by atoms with Gasteiger partial charge in [-0.2, -0.15) is 0 Å². The number of fused-ring (bicyclic) bond motifs is 4. The molecule has 0 saturated carbocycles. The summed E-state index contributed by atoms with van der Waals surface area (Å²) in [7, 11) is -3.85. The molecule has 0 bridgehead atoms. The summed E-state index contributed by atoms with van der Waals surface area (Å²) in [6, 6.07) is 80.8. The summed E-state index contributed by atoms with van der Waals surface area (Å²) < 4.78 is 28.7. The lowest BCUT2D eigenvalue weighted by Crippen LogP contribution is -2.57. The summed E-state index contributed by atoms with van der Waals surface area (Å²) in [4.78, 5) is 4.99. The zero-order valence-corrected chi connectivity index (χ0v) is 34.0. The van der Waals surface area contributed by atoms with Gasteiger partial charge < -0.3 is 9.80 Å². The summed E-state index contributed by atoms with van der Waals surface area (Å²) in [5.41, 5.74) is 13.7. The molecule has 0 N–H and O–H groups in total. The van der Waals surface area contributed by atoms with Gasteiger partial charge in [0.2, 0.25) is 16.6 Å². The summed E-state index contributed by atoms with van der Waals surface area (Å²) in [6.07, 6.45) is 0. The summed E-state index contributed by atoms with van der Waals surface area (Å²) >= 11 is 0. The van der Waals surface area contributed by atoms with E-state index in [0.717, 1.165) is 45.3 Å². The van der Waals surface area contributed by atoms with Crippen LogP contribution in [0.1, 0.15) is 22.3 Å². The molecule has 2 aliphatic rings. The van der Waals surface area contributed by atoms with Gasteiger partial charge in [0.15, 0.2) is 0 Å². The molecule has 290 valence electrons. The third-order valence-corrected chi connectivity index (χ3v) is 14.2. The fourth-order valence-electron chi connectivity index (χ4n) is 9.82. The maximum Gasteiger partial charge on any atom is 0.246 e. The van der Waals surface area contributed by atoms with E-state index in [1.807, 2.05) is 24.3 Å². The van der Waals surface area contributed by atoms with Gasteiger partial charge in [-0.15, -0.1) is 0 Å². The highest BCUT2D eigenvalue weighted by atomic mass is 32.2. The van der Waals surface area contributed by atoms with Gasteiger partial charge in [-0.1, -0.05) is 169 Å². The van der Waals surface area contributed by atoms with E-state index in [-0.39, 0.29) is 16.5 Å². The molecule has 0 spiro atoms. The number of rotatable bonds is 7. The van der Waals surface area contributed by atoms with Crippen molar-refractivity contribution in [3.63, 3.8) is 0 Å². The Hall–Kier alpha value is -7.41. The minimum absolute atomic E-state index is 0.0784. The number of hydrogen-bond donors (Lipinski definition) is 0. The second-order valence-electron chi connectivity index (χ2n) is 15.6. The van der Waals surface area contributed by atoms with Crippen molar-refractivity contribution >= 4 is 67.1 Å². The van der Waals surface area contributed by atoms with Crippen LogP contribution in [0.5, 0.6) is 0 Å². The maximum atomic E-state index is 14.4. The van der Waals surface area contributed by atoms with Crippen LogP contribution in [0.3, 0.4) is 0 Å². The van der Waals surface area contributed by atoms with E-state index in [1.165, 1.54) is 27.5 Å².